The molecular formula is C13H19N5O. The minimum Gasteiger partial charge on any atom is -0.388 e. The number of nitrogen functional groups attached to an aromatic ring is 1. The van der Waals surface area contributed by atoms with Gasteiger partial charge in [-0.3, -0.25) is 0 Å². The molecule has 6 nitrogen and oxygen atoms in total. The van der Waals surface area contributed by atoms with E-state index in [4.69, 9.17) is 5.73 Å². The predicted molar refractivity (Wildman–Crippen MR) is 74.3 cm³/mol. The molecule has 0 aliphatic heterocycles. The fourth-order valence-corrected chi connectivity index (χ4v) is 2.44. The summed E-state index contributed by atoms with van der Waals surface area (Å²) in [5.41, 5.74) is 12.9. The lowest BCUT2D eigenvalue weighted by molar-refractivity contribution is 0.266. The third-order valence-corrected chi connectivity index (χ3v) is 3.93. The number of aromatic nitrogens is 3. The van der Waals surface area contributed by atoms with E-state index in [0.717, 1.165) is 29.6 Å². The van der Waals surface area contributed by atoms with Gasteiger partial charge in [-0.15, -0.1) is 0 Å². The first-order valence-corrected chi connectivity index (χ1v) is 6.63. The number of hydrogen-bond donors (Lipinski definition) is 3. The third kappa shape index (κ3) is 1.83. The molecule has 19 heavy (non-hydrogen) atoms. The van der Waals surface area contributed by atoms with Gasteiger partial charge in [-0.05, 0) is 38.7 Å². The monoisotopic (exact) mass is 261 g/mol. The van der Waals surface area contributed by atoms with Gasteiger partial charge in [0, 0.05) is 11.7 Å². The Balaban J connectivity index is 2.21. The molecule has 0 amide bonds. The molecule has 0 spiro atoms. The normalized spacial score (nSPS) is 15.7. The van der Waals surface area contributed by atoms with Gasteiger partial charge in [0.2, 0.25) is 0 Å². The number of hydrogen-bond acceptors (Lipinski definition) is 5. The molecule has 0 aromatic carbocycles. The van der Waals surface area contributed by atoms with Crippen molar-refractivity contribution in [1.82, 2.24) is 14.6 Å². The largest absolute Gasteiger partial charge is 0.388 e. The van der Waals surface area contributed by atoms with Crippen molar-refractivity contribution in [3.63, 3.8) is 0 Å². The third-order valence-electron chi connectivity index (χ3n) is 3.93. The van der Waals surface area contributed by atoms with Crippen LogP contribution in [-0.4, -0.2) is 25.8 Å². The van der Waals surface area contributed by atoms with Crippen LogP contribution in [0.15, 0.2) is 0 Å². The number of aliphatic hydroxyl groups excluding tert-OH is 1. The molecular weight excluding hydrogens is 242 g/mol. The number of aliphatic hydroxyl groups is 1. The maximum atomic E-state index is 9.49. The Hall–Kier alpha value is -1.82. The molecule has 102 valence electrons. The number of pyridine rings is 1. The number of nitrogens with two attached hydrogens (primary N) is 1. The zero-order valence-corrected chi connectivity index (χ0v) is 11.3. The Bertz CT molecular complexity index is 630. The number of imidazole rings is 1. The van der Waals surface area contributed by atoms with E-state index in [1.165, 1.54) is 6.42 Å². The summed E-state index contributed by atoms with van der Waals surface area (Å²) in [5, 5.41) is 9.49. The van der Waals surface area contributed by atoms with Gasteiger partial charge in [-0.1, -0.05) is 0 Å². The first kappa shape index (κ1) is 12.2. The zero-order valence-electron chi connectivity index (χ0n) is 11.3. The summed E-state index contributed by atoms with van der Waals surface area (Å²) in [7, 11) is 0. The summed E-state index contributed by atoms with van der Waals surface area (Å²) in [6.07, 6.45) is 3.56. The van der Waals surface area contributed by atoms with Gasteiger partial charge in [0.15, 0.2) is 11.6 Å². The summed E-state index contributed by atoms with van der Waals surface area (Å²) >= 11 is 0. The van der Waals surface area contributed by atoms with E-state index >= 15 is 0 Å². The molecule has 0 atom stereocenters. The van der Waals surface area contributed by atoms with Gasteiger partial charge < -0.3 is 16.3 Å². The molecule has 2 aromatic heterocycles. The Morgan fingerprint density at radius 3 is 2.68 bits per heavy atom. The molecule has 1 aliphatic rings. The molecule has 0 bridgehead atoms. The minimum absolute atomic E-state index is 0.119. The Morgan fingerprint density at radius 2 is 2.11 bits per heavy atom. The van der Waals surface area contributed by atoms with Crippen molar-refractivity contribution in [3.05, 3.63) is 17.1 Å². The molecule has 0 saturated heterocycles. The summed E-state index contributed by atoms with van der Waals surface area (Å²) in [6, 6.07) is 0.455. The first-order valence-electron chi connectivity index (χ1n) is 6.63. The average Bonchev–Trinajstić information content (AvgIpc) is 2.70. The van der Waals surface area contributed by atoms with Crippen molar-refractivity contribution in [3.8, 4) is 0 Å². The number of nitrogens with zero attached hydrogens (tertiary/aromatic N) is 3. The van der Waals surface area contributed by atoms with Crippen LogP contribution in [-0.2, 0) is 6.61 Å². The quantitative estimate of drug-likeness (QED) is 0.773. The van der Waals surface area contributed by atoms with Gasteiger partial charge in [0.05, 0.1) is 5.52 Å². The summed E-state index contributed by atoms with van der Waals surface area (Å²) in [4.78, 5) is 8.70. The topological polar surface area (TPSA) is 89.0 Å². The molecule has 2 aromatic rings. The minimum atomic E-state index is -0.119. The van der Waals surface area contributed by atoms with Crippen LogP contribution in [0.5, 0.6) is 0 Å². The summed E-state index contributed by atoms with van der Waals surface area (Å²) < 4.78 is 1.89. The van der Waals surface area contributed by atoms with Crippen LogP contribution >= 0.6 is 0 Å². The number of aryl methyl sites for hydroxylation is 2. The van der Waals surface area contributed by atoms with Crippen LogP contribution in [0.1, 0.15) is 36.3 Å². The van der Waals surface area contributed by atoms with Crippen LogP contribution in [0.3, 0.4) is 0 Å². The second kappa shape index (κ2) is 4.38. The van der Waals surface area contributed by atoms with E-state index in [1.54, 1.807) is 0 Å². The highest BCUT2D eigenvalue weighted by Crippen LogP contribution is 2.27. The fourth-order valence-electron chi connectivity index (χ4n) is 2.44. The highest BCUT2D eigenvalue weighted by Gasteiger charge is 2.22. The summed E-state index contributed by atoms with van der Waals surface area (Å²) in [5.74, 6) is 1.01. The van der Waals surface area contributed by atoms with Gasteiger partial charge in [0.25, 0.3) is 0 Å². The van der Waals surface area contributed by atoms with Crippen molar-refractivity contribution < 1.29 is 5.11 Å². The van der Waals surface area contributed by atoms with Crippen LogP contribution in [0.4, 0.5) is 5.82 Å². The second-order valence-corrected chi connectivity index (χ2v) is 5.18. The van der Waals surface area contributed by atoms with Crippen LogP contribution in [0.25, 0.3) is 11.0 Å². The number of anilines is 1. The highest BCUT2D eigenvalue weighted by atomic mass is 16.3. The number of nitrogens with one attached hydrogen (secondary N) is 1. The summed E-state index contributed by atoms with van der Waals surface area (Å²) in [6.45, 7) is 3.82. The molecule has 2 heterocycles. The van der Waals surface area contributed by atoms with Crippen molar-refractivity contribution in [1.29, 1.82) is 0 Å². The molecule has 0 radical (unpaired) electrons. The first-order chi connectivity index (χ1) is 9.11. The lowest BCUT2D eigenvalue weighted by Gasteiger charge is -2.29. The molecule has 4 N–H and O–H groups in total. The maximum Gasteiger partial charge on any atom is 0.154 e. The number of rotatable bonds is 3. The van der Waals surface area contributed by atoms with Gasteiger partial charge in [0.1, 0.15) is 12.1 Å². The maximum absolute atomic E-state index is 9.49. The Kier molecular flexibility index (Phi) is 2.82. The average molecular weight is 261 g/mol. The second-order valence-electron chi connectivity index (χ2n) is 5.18. The van der Waals surface area contributed by atoms with Gasteiger partial charge >= 0.3 is 0 Å². The fraction of sp³-hybridized carbons (Fsp3) is 0.538. The van der Waals surface area contributed by atoms with Crippen LogP contribution in [0, 0.1) is 13.8 Å². The highest BCUT2D eigenvalue weighted by molar-refractivity contribution is 5.88. The SMILES string of the molecule is Cc1nc(N)c2nc(CO)n(NC3CCC3)c2c1C. The lowest BCUT2D eigenvalue weighted by atomic mass is 9.94. The van der Waals surface area contributed by atoms with E-state index < -0.39 is 0 Å². The standard InChI is InChI=1S/C13H19N5O/c1-7-8(2)15-13(14)11-12(7)18(10(6-19)16-11)17-9-4-3-5-9/h9,17,19H,3-6H2,1-2H3,(H2,14,15). The predicted octanol–water partition coefficient (Wildman–Crippen LogP) is 1.22. The van der Waals surface area contributed by atoms with Crippen LogP contribution in [0.2, 0.25) is 0 Å². The van der Waals surface area contributed by atoms with Crippen molar-refractivity contribution in [2.75, 3.05) is 11.2 Å². The van der Waals surface area contributed by atoms with E-state index in [9.17, 15) is 5.11 Å². The van der Waals surface area contributed by atoms with E-state index in [-0.39, 0.29) is 6.61 Å². The van der Waals surface area contributed by atoms with E-state index in [1.807, 2.05) is 18.5 Å². The molecule has 1 saturated carbocycles. The van der Waals surface area contributed by atoms with E-state index in [0.29, 0.717) is 23.2 Å². The molecule has 3 rings (SSSR count). The molecule has 1 aliphatic carbocycles. The molecule has 6 heteroatoms. The molecule has 1 fully saturated rings. The lowest BCUT2D eigenvalue weighted by Crippen LogP contribution is -2.34. The Morgan fingerprint density at radius 1 is 1.37 bits per heavy atom. The van der Waals surface area contributed by atoms with Gasteiger partial charge in [-0.25, -0.2) is 14.6 Å². The van der Waals surface area contributed by atoms with Crippen LogP contribution < -0.4 is 11.2 Å². The van der Waals surface area contributed by atoms with Crippen molar-refractivity contribution in [2.45, 2.75) is 45.8 Å². The van der Waals surface area contributed by atoms with Crippen molar-refractivity contribution >= 4 is 16.9 Å². The smallest absolute Gasteiger partial charge is 0.154 e. The van der Waals surface area contributed by atoms with E-state index in [2.05, 4.69) is 15.4 Å². The Labute approximate surface area is 111 Å². The van der Waals surface area contributed by atoms with Crippen molar-refractivity contribution in [2.24, 2.45) is 0 Å². The number of fused-ring (bicyclic) bond motifs is 1. The zero-order chi connectivity index (χ0) is 13.6. The van der Waals surface area contributed by atoms with Gasteiger partial charge in [-0.2, -0.15) is 0 Å². The molecule has 0 unspecified atom stereocenters.